The Balaban J connectivity index is 1.55. The van der Waals surface area contributed by atoms with Crippen molar-refractivity contribution < 1.29 is 23.1 Å². The molecule has 1 aliphatic heterocycles. The molecular formula is C19H22F2N4O3. The standard InChI is InChI=1S/C19H22F2N4O3/c1-2-28-18(27)13-9-23-16-12(5-6-22-16)15(13)24-11-4-3-7-25(10-11)17(26)14-8-19(14,20)21/h5-6,9,11,14H,2-4,7-8,10H2,1H3,(H2,22,23,24)/t11?,14-/m1/s1. The third kappa shape index (κ3) is 3.41. The average Bonchev–Trinajstić information content (AvgIpc) is 3.08. The van der Waals surface area contributed by atoms with Crippen molar-refractivity contribution in [1.29, 1.82) is 0 Å². The van der Waals surface area contributed by atoms with Crippen molar-refractivity contribution in [3.63, 3.8) is 0 Å². The molecule has 1 unspecified atom stereocenters. The van der Waals surface area contributed by atoms with E-state index in [0.717, 1.165) is 11.8 Å². The number of H-pyrrole nitrogens is 1. The molecule has 7 nitrogen and oxygen atoms in total. The van der Waals surface area contributed by atoms with Crippen LogP contribution in [0.4, 0.5) is 14.5 Å². The van der Waals surface area contributed by atoms with E-state index >= 15 is 0 Å². The van der Waals surface area contributed by atoms with E-state index in [9.17, 15) is 18.4 Å². The van der Waals surface area contributed by atoms with Gasteiger partial charge in [0.15, 0.2) is 0 Å². The van der Waals surface area contributed by atoms with Crippen molar-refractivity contribution in [1.82, 2.24) is 14.9 Å². The largest absolute Gasteiger partial charge is 0.462 e. The highest BCUT2D eigenvalue weighted by Gasteiger charge is 2.62. The third-order valence-corrected chi connectivity index (χ3v) is 5.29. The summed E-state index contributed by atoms with van der Waals surface area (Å²) in [5.74, 6) is -5.01. The average molecular weight is 392 g/mol. The summed E-state index contributed by atoms with van der Waals surface area (Å²) in [6, 6.07) is 1.66. The monoisotopic (exact) mass is 392 g/mol. The zero-order valence-corrected chi connectivity index (χ0v) is 15.5. The molecule has 0 bridgehead atoms. The molecule has 3 heterocycles. The predicted molar refractivity (Wildman–Crippen MR) is 98.3 cm³/mol. The first-order chi connectivity index (χ1) is 13.4. The summed E-state index contributed by atoms with van der Waals surface area (Å²) in [5.41, 5.74) is 1.52. The van der Waals surface area contributed by atoms with Gasteiger partial charge in [-0.15, -0.1) is 0 Å². The molecule has 1 saturated heterocycles. The van der Waals surface area contributed by atoms with Gasteiger partial charge in [-0.2, -0.15) is 0 Å². The van der Waals surface area contributed by atoms with Crippen LogP contribution in [-0.2, 0) is 9.53 Å². The molecule has 0 radical (unpaired) electrons. The number of alkyl halides is 2. The first kappa shape index (κ1) is 18.6. The first-order valence-corrected chi connectivity index (χ1v) is 9.47. The quantitative estimate of drug-likeness (QED) is 0.764. The van der Waals surface area contributed by atoms with E-state index in [1.165, 1.54) is 11.1 Å². The summed E-state index contributed by atoms with van der Waals surface area (Å²) in [6.45, 7) is 2.77. The highest BCUT2D eigenvalue weighted by atomic mass is 19.3. The van der Waals surface area contributed by atoms with Gasteiger partial charge in [0, 0.05) is 43.3 Å². The zero-order chi connectivity index (χ0) is 19.9. The fraction of sp³-hybridized carbons (Fsp3) is 0.526. The fourth-order valence-corrected chi connectivity index (χ4v) is 3.73. The van der Waals surface area contributed by atoms with Gasteiger partial charge < -0.3 is 19.9 Å². The smallest absolute Gasteiger partial charge is 0.341 e. The number of rotatable bonds is 5. The molecule has 1 amide bonds. The Morgan fingerprint density at radius 2 is 2.25 bits per heavy atom. The van der Waals surface area contributed by atoms with Gasteiger partial charge in [-0.05, 0) is 25.8 Å². The Morgan fingerprint density at radius 1 is 1.46 bits per heavy atom. The maximum Gasteiger partial charge on any atom is 0.341 e. The molecule has 150 valence electrons. The molecule has 0 aromatic carbocycles. The number of carbonyl (C=O) groups excluding carboxylic acids is 2. The van der Waals surface area contributed by atoms with E-state index in [2.05, 4.69) is 15.3 Å². The van der Waals surface area contributed by atoms with Crippen LogP contribution in [0.5, 0.6) is 0 Å². The van der Waals surface area contributed by atoms with E-state index in [1.807, 2.05) is 6.07 Å². The number of piperidine rings is 1. The number of nitrogens with one attached hydrogen (secondary N) is 2. The van der Waals surface area contributed by atoms with E-state index in [0.29, 0.717) is 36.4 Å². The Hall–Kier alpha value is -2.71. The van der Waals surface area contributed by atoms with Gasteiger partial charge in [0.2, 0.25) is 5.91 Å². The summed E-state index contributed by atoms with van der Waals surface area (Å²) < 4.78 is 31.7. The number of hydrogen-bond donors (Lipinski definition) is 2. The Kier molecular flexibility index (Phi) is 4.68. The van der Waals surface area contributed by atoms with Crippen LogP contribution in [0.25, 0.3) is 11.0 Å². The molecule has 2 aromatic heterocycles. The molecular weight excluding hydrogens is 370 g/mol. The SMILES string of the molecule is CCOC(=O)c1cnc2[nH]ccc2c1NC1CCCN(C(=O)[C@H]2CC2(F)F)C1. The van der Waals surface area contributed by atoms with Gasteiger partial charge in [-0.25, -0.2) is 18.6 Å². The van der Waals surface area contributed by atoms with Crippen LogP contribution in [0.1, 0.15) is 36.5 Å². The Morgan fingerprint density at radius 3 is 2.96 bits per heavy atom. The number of aromatic nitrogens is 2. The Labute approximate surface area is 160 Å². The Bertz CT molecular complexity index is 914. The second kappa shape index (κ2) is 7.03. The number of amides is 1. The maximum atomic E-state index is 13.3. The summed E-state index contributed by atoms with van der Waals surface area (Å²) in [6.07, 6.45) is 4.29. The van der Waals surface area contributed by atoms with Crippen LogP contribution < -0.4 is 5.32 Å². The van der Waals surface area contributed by atoms with Gasteiger partial charge in [0.1, 0.15) is 17.1 Å². The number of halogens is 2. The number of aromatic amines is 1. The van der Waals surface area contributed by atoms with Crippen molar-refractivity contribution >= 4 is 28.6 Å². The molecule has 2 aliphatic rings. The molecule has 28 heavy (non-hydrogen) atoms. The number of ether oxygens (including phenoxy) is 1. The molecule has 1 saturated carbocycles. The van der Waals surface area contributed by atoms with Crippen molar-refractivity contribution in [2.45, 2.75) is 38.2 Å². The summed E-state index contributed by atoms with van der Waals surface area (Å²) in [7, 11) is 0. The number of pyridine rings is 1. The number of hydrogen-bond acceptors (Lipinski definition) is 5. The van der Waals surface area contributed by atoms with Crippen molar-refractivity contribution in [3.8, 4) is 0 Å². The maximum absolute atomic E-state index is 13.3. The van der Waals surface area contributed by atoms with Crippen LogP contribution in [0, 0.1) is 5.92 Å². The minimum absolute atomic E-state index is 0.154. The number of carbonyl (C=O) groups is 2. The van der Waals surface area contributed by atoms with Gasteiger partial charge >= 0.3 is 5.97 Å². The highest BCUT2D eigenvalue weighted by molar-refractivity contribution is 6.04. The van der Waals surface area contributed by atoms with E-state index in [-0.39, 0.29) is 19.1 Å². The molecule has 0 spiro atoms. The highest BCUT2D eigenvalue weighted by Crippen LogP contribution is 2.49. The van der Waals surface area contributed by atoms with E-state index in [4.69, 9.17) is 4.74 Å². The van der Waals surface area contributed by atoms with Gasteiger partial charge in [-0.3, -0.25) is 4.79 Å². The van der Waals surface area contributed by atoms with Crippen LogP contribution in [0.3, 0.4) is 0 Å². The molecule has 1 aliphatic carbocycles. The normalized spacial score (nSPS) is 23.5. The molecule has 2 N–H and O–H groups in total. The van der Waals surface area contributed by atoms with Crippen LogP contribution in [0.2, 0.25) is 0 Å². The molecule has 2 fully saturated rings. The van der Waals surface area contributed by atoms with Gasteiger partial charge in [0.05, 0.1) is 12.3 Å². The lowest BCUT2D eigenvalue weighted by Crippen LogP contribution is -2.46. The summed E-state index contributed by atoms with van der Waals surface area (Å²) >= 11 is 0. The van der Waals surface area contributed by atoms with E-state index in [1.54, 1.807) is 13.1 Å². The minimum Gasteiger partial charge on any atom is -0.462 e. The van der Waals surface area contributed by atoms with Crippen LogP contribution in [-0.4, -0.2) is 58.4 Å². The fourth-order valence-electron chi connectivity index (χ4n) is 3.73. The van der Waals surface area contributed by atoms with Crippen molar-refractivity contribution in [2.75, 3.05) is 25.0 Å². The topological polar surface area (TPSA) is 87.3 Å². The lowest BCUT2D eigenvalue weighted by molar-refractivity contribution is -0.135. The number of esters is 1. The second-order valence-electron chi connectivity index (χ2n) is 7.29. The van der Waals surface area contributed by atoms with Crippen LogP contribution >= 0.6 is 0 Å². The zero-order valence-electron chi connectivity index (χ0n) is 15.5. The molecule has 4 rings (SSSR count). The second-order valence-corrected chi connectivity index (χ2v) is 7.29. The first-order valence-electron chi connectivity index (χ1n) is 9.47. The molecule has 2 aromatic rings. The lowest BCUT2D eigenvalue weighted by Gasteiger charge is -2.34. The number of fused-ring (bicyclic) bond motifs is 1. The molecule has 2 atom stereocenters. The molecule has 9 heteroatoms. The van der Waals surface area contributed by atoms with Crippen molar-refractivity contribution in [2.24, 2.45) is 5.92 Å². The predicted octanol–water partition coefficient (Wildman–Crippen LogP) is 2.80. The van der Waals surface area contributed by atoms with E-state index < -0.39 is 23.7 Å². The van der Waals surface area contributed by atoms with Gasteiger partial charge in [0.25, 0.3) is 5.92 Å². The summed E-state index contributed by atoms with van der Waals surface area (Å²) in [4.78, 5) is 33.4. The lowest BCUT2D eigenvalue weighted by atomic mass is 10.0. The van der Waals surface area contributed by atoms with Crippen molar-refractivity contribution in [3.05, 3.63) is 24.0 Å². The summed E-state index contributed by atoms with van der Waals surface area (Å²) in [5, 5.41) is 4.08. The third-order valence-electron chi connectivity index (χ3n) is 5.29. The van der Waals surface area contributed by atoms with Gasteiger partial charge in [-0.1, -0.05) is 0 Å². The minimum atomic E-state index is -2.86. The van der Waals surface area contributed by atoms with Crippen LogP contribution in [0.15, 0.2) is 18.5 Å². The number of likely N-dealkylation sites (tertiary alicyclic amines) is 1. The number of nitrogens with zero attached hydrogens (tertiary/aromatic N) is 2. The number of anilines is 1.